The summed E-state index contributed by atoms with van der Waals surface area (Å²) in [6, 6.07) is 1.65. The Balaban J connectivity index is 0.000000136. The normalized spacial score (nSPS) is 16.2. The zero-order valence-electron chi connectivity index (χ0n) is 8.44. The van der Waals surface area contributed by atoms with Gasteiger partial charge in [0.25, 0.3) is 17.6 Å². The van der Waals surface area contributed by atoms with Gasteiger partial charge in [-0.15, -0.1) is 0 Å². The zero-order chi connectivity index (χ0) is 12.4. The molecule has 86 valence electrons. The Morgan fingerprint density at radius 1 is 1.00 bits per heavy atom. The van der Waals surface area contributed by atoms with Crippen molar-refractivity contribution < 1.29 is 19.2 Å². The van der Waals surface area contributed by atoms with Gasteiger partial charge in [0.1, 0.15) is 5.69 Å². The minimum absolute atomic E-state index is 0.366. The van der Waals surface area contributed by atoms with E-state index in [1.165, 1.54) is 12.3 Å². The van der Waals surface area contributed by atoms with E-state index in [9.17, 15) is 19.2 Å². The van der Waals surface area contributed by atoms with E-state index in [-0.39, 0.29) is 0 Å². The monoisotopic (exact) mass is 233 g/mol. The van der Waals surface area contributed by atoms with Crippen LogP contribution in [0.15, 0.2) is 24.5 Å². The Kier molecular flexibility index (Phi) is 2.57. The summed E-state index contributed by atoms with van der Waals surface area (Å²) in [5.41, 5.74) is 0.944. The summed E-state index contributed by atoms with van der Waals surface area (Å²) >= 11 is 0. The fraction of sp³-hybridized carbons (Fsp3) is 0. The maximum Gasteiger partial charge on any atom is 0.298 e. The van der Waals surface area contributed by atoms with E-state index >= 15 is 0 Å². The molecule has 0 atom stereocenters. The van der Waals surface area contributed by atoms with Crippen molar-refractivity contribution in [1.29, 1.82) is 0 Å². The fourth-order valence-corrected chi connectivity index (χ4v) is 1.29. The highest BCUT2D eigenvalue weighted by Gasteiger charge is 2.28. The number of anilines is 1. The van der Waals surface area contributed by atoms with Crippen LogP contribution in [0.25, 0.3) is 0 Å². The van der Waals surface area contributed by atoms with Gasteiger partial charge < -0.3 is 15.6 Å². The van der Waals surface area contributed by atoms with Crippen LogP contribution < -0.4 is 10.6 Å². The first-order valence-electron chi connectivity index (χ1n) is 4.64. The standard InChI is InChI=1S/C6H4N2O2.C4H3NO2/c9-5-4-3(1-2-7-4)8-6(5)10;6-3-1-2-5-4(3)7/h1-2,7H,(H,8,9,10);1-2H,(H,5,6,7). The van der Waals surface area contributed by atoms with E-state index < -0.39 is 23.4 Å². The number of fused-ring (bicyclic) bond motifs is 1. The second-order valence-corrected chi connectivity index (χ2v) is 3.22. The maximum absolute atomic E-state index is 10.8. The second kappa shape index (κ2) is 4.05. The number of Topliss-reactive ketones (excluding diaryl/α,β-unsaturated/α-hetero) is 1. The molecule has 0 saturated carbocycles. The topological polar surface area (TPSA) is 108 Å². The molecule has 7 heteroatoms. The van der Waals surface area contributed by atoms with Gasteiger partial charge in [-0.25, -0.2) is 0 Å². The quantitative estimate of drug-likeness (QED) is 0.517. The summed E-state index contributed by atoms with van der Waals surface area (Å²) in [4.78, 5) is 44.2. The largest absolute Gasteiger partial charge is 0.357 e. The molecule has 0 fully saturated rings. The molecule has 0 unspecified atom stereocenters. The first-order chi connectivity index (χ1) is 8.09. The van der Waals surface area contributed by atoms with Crippen molar-refractivity contribution in [1.82, 2.24) is 10.3 Å². The minimum atomic E-state index is -0.554. The highest BCUT2D eigenvalue weighted by molar-refractivity contribution is 6.51. The Bertz CT molecular complexity index is 556. The Morgan fingerprint density at radius 2 is 1.76 bits per heavy atom. The average molecular weight is 233 g/mol. The van der Waals surface area contributed by atoms with Gasteiger partial charge >= 0.3 is 0 Å². The van der Waals surface area contributed by atoms with Gasteiger partial charge in [0, 0.05) is 18.5 Å². The summed E-state index contributed by atoms with van der Waals surface area (Å²) in [6.45, 7) is 0. The Labute approximate surface area is 94.9 Å². The van der Waals surface area contributed by atoms with Crippen LogP contribution in [-0.2, 0) is 14.4 Å². The smallest absolute Gasteiger partial charge is 0.298 e. The lowest BCUT2D eigenvalue weighted by molar-refractivity contribution is -0.133. The molecule has 3 rings (SSSR count). The molecule has 0 saturated heterocycles. The fourth-order valence-electron chi connectivity index (χ4n) is 1.29. The molecule has 2 amide bonds. The van der Waals surface area contributed by atoms with Crippen LogP contribution in [0.1, 0.15) is 10.5 Å². The number of aromatic nitrogens is 1. The van der Waals surface area contributed by atoms with Gasteiger partial charge in [-0.05, 0) is 6.07 Å². The summed E-state index contributed by atoms with van der Waals surface area (Å²) in [5.74, 6) is -2.05. The third kappa shape index (κ3) is 1.98. The lowest BCUT2D eigenvalue weighted by Gasteiger charge is -1.83. The maximum atomic E-state index is 10.8. The second-order valence-electron chi connectivity index (χ2n) is 3.22. The number of H-pyrrole nitrogens is 1. The van der Waals surface area contributed by atoms with Crippen molar-refractivity contribution in [2.75, 3.05) is 5.32 Å². The van der Waals surface area contributed by atoms with Crippen molar-refractivity contribution in [2.24, 2.45) is 0 Å². The van der Waals surface area contributed by atoms with E-state index in [0.29, 0.717) is 11.4 Å². The lowest BCUT2D eigenvalue weighted by Crippen LogP contribution is -2.17. The number of nitrogens with one attached hydrogen (secondary N) is 3. The molecule has 0 spiro atoms. The van der Waals surface area contributed by atoms with Gasteiger partial charge in [-0.3, -0.25) is 19.2 Å². The average Bonchev–Trinajstić information content (AvgIpc) is 2.94. The summed E-state index contributed by atoms with van der Waals surface area (Å²) in [7, 11) is 0. The third-order valence-electron chi connectivity index (χ3n) is 2.10. The molecule has 0 radical (unpaired) electrons. The highest BCUT2D eigenvalue weighted by atomic mass is 16.2. The molecular weight excluding hydrogens is 226 g/mol. The van der Waals surface area contributed by atoms with Crippen molar-refractivity contribution in [3.63, 3.8) is 0 Å². The third-order valence-corrected chi connectivity index (χ3v) is 2.10. The van der Waals surface area contributed by atoms with Crippen LogP contribution in [0.5, 0.6) is 0 Å². The summed E-state index contributed by atoms with van der Waals surface area (Å²) in [6.07, 6.45) is 4.13. The Hall–Kier alpha value is -2.70. The van der Waals surface area contributed by atoms with Crippen molar-refractivity contribution >= 4 is 29.1 Å². The molecule has 2 aliphatic heterocycles. The van der Waals surface area contributed by atoms with E-state index in [0.717, 1.165) is 0 Å². The molecule has 0 bridgehead atoms. The molecule has 3 N–H and O–H groups in total. The lowest BCUT2D eigenvalue weighted by atomic mass is 10.3. The molecule has 0 aromatic carbocycles. The van der Waals surface area contributed by atoms with Crippen molar-refractivity contribution in [2.45, 2.75) is 0 Å². The zero-order valence-corrected chi connectivity index (χ0v) is 8.44. The number of aromatic amines is 1. The van der Waals surface area contributed by atoms with Gasteiger partial charge in [0.15, 0.2) is 0 Å². The van der Waals surface area contributed by atoms with Crippen LogP contribution >= 0.6 is 0 Å². The van der Waals surface area contributed by atoms with E-state index in [4.69, 9.17) is 0 Å². The van der Waals surface area contributed by atoms with Crippen molar-refractivity contribution in [3.05, 3.63) is 30.2 Å². The number of ketones is 2. The molecule has 7 nitrogen and oxygen atoms in total. The number of rotatable bonds is 0. The molecule has 1 aromatic heterocycles. The van der Waals surface area contributed by atoms with Gasteiger partial charge in [-0.2, -0.15) is 0 Å². The summed E-state index contributed by atoms with van der Waals surface area (Å²) < 4.78 is 0. The van der Waals surface area contributed by atoms with Crippen LogP contribution in [0, 0.1) is 0 Å². The van der Waals surface area contributed by atoms with Crippen LogP contribution in [0.4, 0.5) is 5.69 Å². The SMILES string of the molecule is O=C1C=CNC1=O.O=C1Nc2cc[nH]c2C1=O. The number of carbonyl (C=O) groups excluding carboxylic acids is 4. The number of amides is 2. The van der Waals surface area contributed by atoms with E-state index in [2.05, 4.69) is 15.6 Å². The first-order valence-corrected chi connectivity index (χ1v) is 4.64. The molecule has 2 aliphatic rings. The predicted molar refractivity (Wildman–Crippen MR) is 56.0 cm³/mol. The molecule has 17 heavy (non-hydrogen) atoms. The van der Waals surface area contributed by atoms with Gasteiger partial charge in [0.2, 0.25) is 5.78 Å². The number of carbonyl (C=O) groups is 4. The molecular formula is C10H7N3O4. The predicted octanol–water partition coefficient (Wildman–Crippen LogP) is -0.652. The van der Waals surface area contributed by atoms with E-state index in [1.54, 1.807) is 12.3 Å². The van der Waals surface area contributed by atoms with Gasteiger partial charge in [0.05, 0.1) is 5.69 Å². The molecule has 0 aliphatic carbocycles. The summed E-state index contributed by atoms with van der Waals surface area (Å²) in [5, 5.41) is 4.61. The first kappa shape index (κ1) is 10.8. The molecule has 1 aromatic rings. The van der Waals surface area contributed by atoms with Crippen molar-refractivity contribution in [3.8, 4) is 0 Å². The minimum Gasteiger partial charge on any atom is -0.357 e. The number of hydrogen-bond acceptors (Lipinski definition) is 4. The van der Waals surface area contributed by atoms with E-state index in [1.807, 2.05) is 0 Å². The van der Waals surface area contributed by atoms with Gasteiger partial charge in [-0.1, -0.05) is 0 Å². The molecule has 3 heterocycles. The van der Waals surface area contributed by atoms with Crippen LogP contribution in [-0.4, -0.2) is 28.4 Å². The van der Waals surface area contributed by atoms with Crippen LogP contribution in [0.2, 0.25) is 0 Å². The number of hydrogen-bond donors (Lipinski definition) is 3. The highest BCUT2D eigenvalue weighted by Crippen LogP contribution is 2.19. The Morgan fingerprint density at radius 3 is 2.24 bits per heavy atom. The van der Waals surface area contributed by atoms with Crippen LogP contribution in [0.3, 0.4) is 0 Å².